The van der Waals surface area contributed by atoms with Crippen LogP contribution >= 0.6 is 15.9 Å². The maximum Gasteiger partial charge on any atom is 0.243 e. The second kappa shape index (κ2) is 6.83. The van der Waals surface area contributed by atoms with E-state index in [-0.39, 0.29) is 6.04 Å². The molecule has 6 heteroatoms. The summed E-state index contributed by atoms with van der Waals surface area (Å²) in [7, 11) is -1.91. The Morgan fingerprint density at radius 3 is 2.47 bits per heavy atom. The van der Waals surface area contributed by atoms with Gasteiger partial charge in [0.2, 0.25) is 10.0 Å². The number of nitrogens with zero attached hydrogens (tertiary/aromatic N) is 1. The second-order valence-corrected chi connectivity index (χ2v) is 7.36. The van der Waals surface area contributed by atoms with E-state index in [0.29, 0.717) is 18.0 Å². The average molecular weight is 350 g/mol. The summed E-state index contributed by atoms with van der Waals surface area (Å²) < 4.78 is 32.5. The van der Waals surface area contributed by atoms with Gasteiger partial charge in [0, 0.05) is 24.2 Å². The monoisotopic (exact) mass is 349 g/mol. The van der Waals surface area contributed by atoms with Crippen molar-refractivity contribution in [3.05, 3.63) is 28.2 Å². The van der Waals surface area contributed by atoms with E-state index in [1.54, 1.807) is 25.3 Å². The molecular formula is C13H20BrNO3S. The second-order valence-electron chi connectivity index (χ2n) is 4.61. The van der Waals surface area contributed by atoms with Gasteiger partial charge in [-0.1, -0.05) is 15.9 Å². The van der Waals surface area contributed by atoms with Crippen molar-refractivity contribution in [3.8, 4) is 0 Å². The van der Waals surface area contributed by atoms with E-state index in [0.717, 1.165) is 10.0 Å². The molecule has 0 unspecified atom stereocenters. The van der Waals surface area contributed by atoms with Crippen LogP contribution in [0.1, 0.15) is 19.4 Å². The van der Waals surface area contributed by atoms with E-state index in [1.807, 2.05) is 20.8 Å². The summed E-state index contributed by atoms with van der Waals surface area (Å²) in [6.45, 7) is 6.33. The molecule has 0 fully saturated rings. The fourth-order valence-electron chi connectivity index (χ4n) is 1.75. The van der Waals surface area contributed by atoms with Gasteiger partial charge < -0.3 is 4.74 Å². The Morgan fingerprint density at radius 1 is 1.37 bits per heavy atom. The zero-order valence-electron chi connectivity index (χ0n) is 11.7. The van der Waals surface area contributed by atoms with E-state index >= 15 is 0 Å². The number of hydrogen-bond donors (Lipinski definition) is 0. The van der Waals surface area contributed by atoms with Crippen molar-refractivity contribution in [1.82, 2.24) is 4.31 Å². The molecule has 4 nitrogen and oxygen atoms in total. The molecule has 0 saturated carbocycles. The molecule has 0 N–H and O–H groups in total. The van der Waals surface area contributed by atoms with E-state index in [9.17, 15) is 8.42 Å². The lowest BCUT2D eigenvalue weighted by Crippen LogP contribution is -2.39. The fraction of sp³-hybridized carbons (Fsp3) is 0.538. The normalized spacial score (nSPS) is 12.4. The first-order chi connectivity index (χ1) is 8.80. The van der Waals surface area contributed by atoms with Gasteiger partial charge in [0.15, 0.2) is 0 Å². The van der Waals surface area contributed by atoms with Gasteiger partial charge in [0.1, 0.15) is 0 Å². The van der Waals surface area contributed by atoms with Gasteiger partial charge in [-0.05, 0) is 44.5 Å². The van der Waals surface area contributed by atoms with Crippen molar-refractivity contribution >= 4 is 26.0 Å². The third-order valence-electron chi connectivity index (χ3n) is 2.83. The Hall–Kier alpha value is -0.430. The highest BCUT2D eigenvalue weighted by Gasteiger charge is 2.26. The average Bonchev–Trinajstić information content (AvgIpc) is 2.32. The van der Waals surface area contributed by atoms with Gasteiger partial charge in [-0.3, -0.25) is 0 Å². The quantitative estimate of drug-likeness (QED) is 0.793. The Labute approximate surface area is 123 Å². The van der Waals surface area contributed by atoms with Crippen LogP contribution in [0.15, 0.2) is 27.6 Å². The topological polar surface area (TPSA) is 46.6 Å². The molecule has 0 amide bonds. The van der Waals surface area contributed by atoms with Crippen LogP contribution in [-0.4, -0.2) is 39.0 Å². The zero-order valence-corrected chi connectivity index (χ0v) is 14.1. The molecule has 108 valence electrons. The Bertz CT molecular complexity index is 529. The minimum absolute atomic E-state index is 0.107. The van der Waals surface area contributed by atoms with Crippen molar-refractivity contribution in [2.75, 3.05) is 20.3 Å². The molecule has 0 bridgehead atoms. The largest absolute Gasteiger partial charge is 0.383 e. The van der Waals surface area contributed by atoms with Crippen molar-refractivity contribution in [1.29, 1.82) is 0 Å². The number of sulfonamides is 1. The van der Waals surface area contributed by atoms with Crippen LogP contribution in [0.25, 0.3) is 0 Å². The zero-order chi connectivity index (χ0) is 14.6. The summed E-state index contributed by atoms with van der Waals surface area (Å²) >= 11 is 3.38. The molecule has 0 atom stereocenters. The Balaban J connectivity index is 3.15. The van der Waals surface area contributed by atoms with Crippen molar-refractivity contribution < 1.29 is 13.2 Å². The van der Waals surface area contributed by atoms with Crippen LogP contribution in [0.5, 0.6) is 0 Å². The lowest BCUT2D eigenvalue weighted by atomic mass is 10.2. The molecule has 0 radical (unpaired) electrons. The predicted molar refractivity (Wildman–Crippen MR) is 79.8 cm³/mol. The first-order valence-corrected chi connectivity index (χ1v) is 8.31. The van der Waals surface area contributed by atoms with Crippen LogP contribution < -0.4 is 0 Å². The van der Waals surface area contributed by atoms with Crippen molar-refractivity contribution in [2.45, 2.75) is 31.7 Å². The molecule has 1 aromatic rings. The van der Waals surface area contributed by atoms with Crippen LogP contribution in [0.2, 0.25) is 0 Å². The molecule has 0 aliphatic carbocycles. The number of rotatable bonds is 6. The molecule has 0 aliphatic heterocycles. The van der Waals surface area contributed by atoms with Crippen LogP contribution in [0.4, 0.5) is 0 Å². The van der Waals surface area contributed by atoms with Gasteiger partial charge in [-0.2, -0.15) is 4.31 Å². The van der Waals surface area contributed by atoms with E-state index in [1.165, 1.54) is 4.31 Å². The smallest absolute Gasteiger partial charge is 0.243 e. The first kappa shape index (κ1) is 16.6. The maximum atomic E-state index is 12.6. The van der Waals surface area contributed by atoms with Gasteiger partial charge in [0.25, 0.3) is 0 Å². The van der Waals surface area contributed by atoms with Gasteiger partial charge in [-0.15, -0.1) is 0 Å². The van der Waals surface area contributed by atoms with Gasteiger partial charge >= 0.3 is 0 Å². The fourth-order valence-corrected chi connectivity index (χ4v) is 3.70. The first-order valence-electron chi connectivity index (χ1n) is 6.07. The summed E-state index contributed by atoms with van der Waals surface area (Å²) in [5, 5.41) is 0. The summed E-state index contributed by atoms with van der Waals surface area (Å²) in [4.78, 5) is 0.318. The lowest BCUT2D eigenvalue weighted by molar-refractivity contribution is 0.171. The number of aryl methyl sites for hydroxylation is 1. The SMILES string of the molecule is COCCN(C(C)C)S(=O)(=O)c1ccc(Br)c(C)c1. The highest BCUT2D eigenvalue weighted by atomic mass is 79.9. The summed E-state index contributed by atoms with van der Waals surface area (Å²) in [6.07, 6.45) is 0. The molecule has 0 heterocycles. The van der Waals surface area contributed by atoms with E-state index < -0.39 is 10.0 Å². The van der Waals surface area contributed by atoms with E-state index in [4.69, 9.17) is 4.74 Å². The van der Waals surface area contributed by atoms with Crippen LogP contribution in [0.3, 0.4) is 0 Å². The number of hydrogen-bond acceptors (Lipinski definition) is 3. The third-order valence-corrected chi connectivity index (χ3v) is 5.79. The summed E-state index contributed by atoms with van der Waals surface area (Å²) in [5.74, 6) is 0. The van der Waals surface area contributed by atoms with Crippen LogP contribution in [-0.2, 0) is 14.8 Å². The van der Waals surface area contributed by atoms with Crippen molar-refractivity contribution in [3.63, 3.8) is 0 Å². The molecule has 1 rings (SSSR count). The summed E-state index contributed by atoms with van der Waals surface area (Å²) in [6, 6.07) is 4.96. The molecule has 0 aromatic heterocycles. The lowest BCUT2D eigenvalue weighted by Gasteiger charge is -2.25. The molecule has 1 aromatic carbocycles. The standard InChI is InChI=1S/C13H20BrNO3S/c1-10(2)15(7-8-18-4)19(16,17)12-5-6-13(14)11(3)9-12/h5-6,9-10H,7-8H2,1-4H3. The van der Waals surface area contributed by atoms with Crippen LogP contribution in [0, 0.1) is 6.92 Å². The molecule has 0 saturated heterocycles. The van der Waals surface area contributed by atoms with E-state index in [2.05, 4.69) is 15.9 Å². The van der Waals surface area contributed by atoms with Gasteiger partial charge in [-0.25, -0.2) is 8.42 Å². The minimum Gasteiger partial charge on any atom is -0.383 e. The number of methoxy groups -OCH3 is 1. The van der Waals surface area contributed by atoms with Gasteiger partial charge in [0.05, 0.1) is 11.5 Å². The maximum absolute atomic E-state index is 12.6. The molecule has 0 aliphatic rings. The highest BCUT2D eigenvalue weighted by molar-refractivity contribution is 9.10. The Morgan fingerprint density at radius 2 is 2.00 bits per heavy atom. The van der Waals surface area contributed by atoms with Crippen molar-refractivity contribution in [2.24, 2.45) is 0 Å². The third kappa shape index (κ3) is 4.02. The molecular weight excluding hydrogens is 330 g/mol. The highest BCUT2D eigenvalue weighted by Crippen LogP contribution is 2.23. The molecule has 19 heavy (non-hydrogen) atoms. The summed E-state index contributed by atoms with van der Waals surface area (Å²) in [5.41, 5.74) is 0.900. The number of halogens is 1. The number of ether oxygens (including phenoxy) is 1. The Kier molecular flexibility index (Phi) is 5.98. The molecule has 0 spiro atoms. The number of benzene rings is 1. The predicted octanol–water partition coefficient (Wildman–Crippen LogP) is 2.80. The minimum atomic E-state index is -3.48.